The van der Waals surface area contributed by atoms with Crippen LogP contribution in [0, 0.1) is 10.1 Å². The van der Waals surface area contributed by atoms with Crippen LogP contribution in [0.25, 0.3) is 0 Å². The first-order chi connectivity index (χ1) is 8.54. The van der Waals surface area contributed by atoms with Gasteiger partial charge in [0, 0.05) is 10.5 Å². The zero-order valence-corrected chi connectivity index (χ0v) is 10.2. The fourth-order valence-corrected chi connectivity index (χ4v) is 1.48. The van der Waals surface area contributed by atoms with Crippen LogP contribution in [0.5, 0.6) is 11.5 Å². The van der Waals surface area contributed by atoms with Gasteiger partial charge in [0.05, 0.1) is 21.3 Å². The highest BCUT2D eigenvalue weighted by Gasteiger charge is 2.33. The van der Waals surface area contributed by atoms with Gasteiger partial charge in [-0.15, -0.1) is 0 Å². The third kappa shape index (κ3) is 2.68. The second-order valence-corrected chi connectivity index (χ2v) is 3.33. The molecule has 0 saturated carbocycles. The Balaban J connectivity index is 3.21. The lowest BCUT2D eigenvalue weighted by molar-refractivity contribution is -0.516. The number of hydrogen-bond acceptors (Lipinski definition) is 6. The van der Waals surface area contributed by atoms with Crippen molar-refractivity contribution in [2.45, 2.75) is 6.04 Å². The van der Waals surface area contributed by atoms with Gasteiger partial charge in [0.2, 0.25) is 0 Å². The second kappa shape index (κ2) is 5.85. The maximum atomic E-state index is 11.4. The van der Waals surface area contributed by atoms with Crippen molar-refractivity contribution in [1.82, 2.24) is 0 Å². The third-order valence-electron chi connectivity index (χ3n) is 2.36. The number of benzene rings is 1. The van der Waals surface area contributed by atoms with E-state index in [1.807, 2.05) is 0 Å². The molecule has 1 aromatic rings. The number of nitrogens with zero attached hydrogens (tertiary/aromatic N) is 1. The first-order valence-corrected chi connectivity index (χ1v) is 4.98. The molecule has 98 valence electrons. The van der Waals surface area contributed by atoms with Gasteiger partial charge in [-0.1, -0.05) is 0 Å². The highest BCUT2D eigenvalue weighted by Crippen LogP contribution is 2.31. The lowest BCUT2D eigenvalue weighted by atomic mass is 10.1. The summed E-state index contributed by atoms with van der Waals surface area (Å²) in [5, 5.41) is 10.9. The minimum atomic E-state index is -1.57. The van der Waals surface area contributed by atoms with Crippen molar-refractivity contribution in [3.63, 3.8) is 0 Å². The van der Waals surface area contributed by atoms with Gasteiger partial charge in [-0.25, -0.2) is 4.79 Å². The minimum absolute atomic E-state index is 0.171. The summed E-state index contributed by atoms with van der Waals surface area (Å²) in [6.45, 7) is 0. The summed E-state index contributed by atoms with van der Waals surface area (Å²) >= 11 is 0. The van der Waals surface area contributed by atoms with Crippen LogP contribution in [0.15, 0.2) is 18.2 Å². The minimum Gasteiger partial charge on any atom is -0.493 e. The first kappa shape index (κ1) is 13.8. The Hall–Kier alpha value is -2.31. The number of carbonyl (C=O) groups is 1. The van der Waals surface area contributed by atoms with Gasteiger partial charge in [0.25, 0.3) is 0 Å². The summed E-state index contributed by atoms with van der Waals surface area (Å²) < 4.78 is 14.4. The molecule has 0 heterocycles. The topological polar surface area (TPSA) is 87.9 Å². The summed E-state index contributed by atoms with van der Waals surface area (Å²) in [5.74, 6) is -0.203. The smallest absolute Gasteiger partial charge is 0.386 e. The highest BCUT2D eigenvalue weighted by molar-refractivity contribution is 5.76. The van der Waals surface area contributed by atoms with Crippen LogP contribution in [0.1, 0.15) is 11.6 Å². The predicted octanol–water partition coefficient (Wildman–Crippen LogP) is 1.19. The number of rotatable bonds is 5. The summed E-state index contributed by atoms with van der Waals surface area (Å²) in [6.07, 6.45) is 0. The number of hydrogen-bond donors (Lipinski definition) is 0. The third-order valence-corrected chi connectivity index (χ3v) is 2.36. The Kier molecular flexibility index (Phi) is 4.47. The molecule has 7 nitrogen and oxygen atoms in total. The van der Waals surface area contributed by atoms with Crippen molar-refractivity contribution in [3.05, 3.63) is 33.9 Å². The van der Waals surface area contributed by atoms with E-state index in [0.717, 1.165) is 7.11 Å². The van der Waals surface area contributed by atoms with Gasteiger partial charge in [-0.3, -0.25) is 10.1 Å². The molecule has 1 atom stereocenters. The molecule has 0 bridgehead atoms. The van der Waals surface area contributed by atoms with E-state index in [2.05, 4.69) is 4.74 Å². The predicted molar refractivity (Wildman–Crippen MR) is 61.3 cm³/mol. The molecule has 0 amide bonds. The van der Waals surface area contributed by atoms with E-state index in [1.165, 1.54) is 32.4 Å². The fourth-order valence-electron chi connectivity index (χ4n) is 1.48. The molecule has 0 radical (unpaired) electrons. The Labute approximate surface area is 103 Å². The van der Waals surface area contributed by atoms with Crippen LogP contribution < -0.4 is 9.47 Å². The Bertz CT molecular complexity index is 459. The van der Waals surface area contributed by atoms with Crippen molar-refractivity contribution in [2.75, 3.05) is 21.3 Å². The summed E-state index contributed by atoms with van der Waals surface area (Å²) in [5.41, 5.74) is 0.171. The molecule has 1 unspecified atom stereocenters. The molecule has 0 aliphatic carbocycles. The Morgan fingerprint density at radius 2 is 1.83 bits per heavy atom. The number of ether oxygens (including phenoxy) is 3. The molecular formula is C11H13NO6. The number of carbonyl (C=O) groups excluding carboxylic acids is 1. The maximum Gasteiger partial charge on any atom is 0.386 e. The largest absolute Gasteiger partial charge is 0.493 e. The van der Waals surface area contributed by atoms with E-state index in [0.29, 0.717) is 11.5 Å². The molecule has 0 saturated heterocycles. The van der Waals surface area contributed by atoms with Crippen LogP contribution in [0.3, 0.4) is 0 Å². The average Bonchev–Trinajstić information content (AvgIpc) is 2.37. The number of nitro groups is 1. The van der Waals surface area contributed by atoms with E-state index >= 15 is 0 Å². The zero-order chi connectivity index (χ0) is 13.7. The number of esters is 1. The molecular weight excluding hydrogens is 242 g/mol. The van der Waals surface area contributed by atoms with Crippen molar-refractivity contribution < 1.29 is 23.9 Å². The number of methoxy groups -OCH3 is 3. The van der Waals surface area contributed by atoms with E-state index in [-0.39, 0.29) is 5.56 Å². The monoisotopic (exact) mass is 255 g/mol. The molecule has 0 fully saturated rings. The van der Waals surface area contributed by atoms with Gasteiger partial charge < -0.3 is 14.2 Å². The maximum absolute atomic E-state index is 11.4. The first-order valence-electron chi connectivity index (χ1n) is 4.98. The molecule has 1 aromatic carbocycles. The van der Waals surface area contributed by atoms with Gasteiger partial charge >= 0.3 is 12.0 Å². The van der Waals surface area contributed by atoms with Crippen LogP contribution >= 0.6 is 0 Å². The van der Waals surface area contributed by atoms with Gasteiger partial charge in [0.15, 0.2) is 11.5 Å². The van der Waals surface area contributed by atoms with E-state index < -0.39 is 16.9 Å². The molecule has 1 rings (SSSR count). The lowest BCUT2D eigenvalue weighted by Crippen LogP contribution is -2.22. The summed E-state index contributed by atoms with van der Waals surface area (Å²) in [4.78, 5) is 21.5. The van der Waals surface area contributed by atoms with Crippen molar-refractivity contribution >= 4 is 5.97 Å². The molecule has 0 N–H and O–H groups in total. The lowest BCUT2D eigenvalue weighted by Gasteiger charge is -2.11. The van der Waals surface area contributed by atoms with Gasteiger partial charge in [-0.2, -0.15) is 0 Å². The molecule has 0 aromatic heterocycles. The highest BCUT2D eigenvalue weighted by atomic mass is 16.6. The van der Waals surface area contributed by atoms with Crippen LogP contribution in [0.2, 0.25) is 0 Å². The molecule has 7 heteroatoms. The van der Waals surface area contributed by atoms with Crippen molar-refractivity contribution in [1.29, 1.82) is 0 Å². The average molecular weight is 255 g/mol. The Morgan fingerprint density at radius 3 is 2.28 bits per heavy atom. The quantitative estimate of drug-likeness (QED) is 0.446. The van der Waals surface area contributed by atoms with Gasteiger partial charge in [-0.05, 0) is 18.2 Å². The van der Waals surface area contributed by atoms with E-state index in [9.17, 15) is 14.9 Å². The van der Waals surface area contributed by atoms with Crippen LogP contribution in [-0.4, -0.2) is 32.2 Å². The normalized spacial score (nSPS) is 11.5. The van der Waals surface area contributed by atoms with Crippen molar-refractivity contribution in [2.24, 2.45) is 0 Å². The molecule has 0 aliphatic rings. The van der Waals surface area contributed by atoms with E-state index in [4.69, 9.17) is 9.47 Å². The Morgan fingerprint density at radius 1 is 1.22 bits per heavy atom. The molecule has 0 aliphatic heterocycles. The zero-order valence-electron chi connectivity index (χ0n) is 10.2. The second-order valence-electron chi connectivity index (χ2n) is 3.33. The van der Waals surface area contributed by atoms with E-state index in [1.54, 1.807) is 0 Å². The van der Waals surface area contributed by atoms with Crippen molar-refractivity contribution in [3.8, 4) is 11.5 Å². The summed E-state index contributed by atoms with van der Waals surface area (Å²) in [6, 6.07) is 2.72. The van der Waals surface area contributed by atoms with Crippen LogP contribution in [-0.2, 0) is 9.53 Å². The molecule has 18 heavy (non-hydrogen) atoms. The van der Waals surface area contributed by atoms with Crippen LogP contribution in [0.4, 0.5) is 0 Å². The standard InChI is InChI=1S/C11H13NO6/c1-16-8-5-4-7(6-9(8)17-2)10(12(14)15)11(13)18-3/h4-6,10H,1-3H3. The SMILES string of the molecule is COC(=O)C(c1ccc(OC)c(OC)c1)[N+](=O)[O-]. The summed E-state index contributed by atoms with van der Waals surface area (Å²) in [7, 11) is 3.95. The fraction of sp³-hybridized carbons (Fsp3) is 0.364. The van der Waals surface area contributed by atoms with Gasteiger partial charge in [0.1, 0.15) is 0 Å². The molecule has 0 spiro atoms.